The summed E-state index contributed by atoms with van der Waals surface area (Å²) >= 11 is 0. The Kier molecular flexibility index (Phi) is 14.7. The van der Waals surface area contributed by atoms with Crippen LogP contribution in [0.25, 0.3) is 33.9 Å². The number of nitrogens with zero attached hydrogens (tertiary/aromatic N) is 3. The number of hydrogen-bond donors (Lipinski definition) is 0. The minimum absolute atomic E-state index is 0.639. The van der Waals surface area contributed by atoms with E-state index < -0.39 is 0 Å². The summed E-state index contributed by atoms with van der Waals surface area (Å²) in [5.74, 6) is 2.18. The lowest BCUT2D eigenvalue weighted by Crippen LogP contribution is -2.07. The molecule has 0 saturated carbocycles. The second kappa shape index (κ2) is 19.5. The highest BCUT2D eigenvalue weighted by Gasteiger charge is 2.19. The van der Waals surface area contributed by atoms with Crippen LogP contribution < -0.4 is 14.2 Å². The highest BCUT2D eigenvalue weighted by Crippen LogP contribution is 2.43. The second-order valence-corrected chi connectivity index (χ2v) is 11.6. The van der Waals surface area contributed by atoms with E-state index in [1.807, 2.05) is 36.4 Å². The van der Waals surface area contributed by atoms with E-state index in [1.54, 1.807) is 12.4 Å². The van der Waals surface area contributed by atoms with Gasteiger partial charge in [0.05, 0.1) is 42.6 Å². The monoisotopic (exact) mass is 609 g/mol. The lowest BCUT2D eigenvalue weighted by molar-refractivity contribution is 0.234. The van der Waals surface area contributed by atoms with E-state index in [0.717, 1.165) is 83.9 Å². The van der Waals surface area contributed by atoms with Gasteiger partial charge in [-0.3, -0.25) is 9.97 Å². The average Bonchev–Trinajstić information content (AvgIpc) is 3.09. The van der Waals surface area contributed by atoms with Gasteiger partial charge < -0.3 is 14.2 Å². The summed E-state index contributed by atoms with van der Waals surface area (Å²) in [6.07, 6.45) is 17.3. The van der Waals surface area contributed by atoms with Crippen LogP contribution in [0.1, 0.15) is 97.8 Å². The van der Waals surface area contributed by atoms with Crippen LogP contribution >= 0.6 is 0 Å². The molecule has 0 saturated heterocycles. The Hall–Kier alpha value is -3.93. The van der Waals surface area contributed by atoms with Crippen LogP contribution in [0.15, 0.2) is 73.1 Å². The molecule has 3 heterocycles. The number of benzene rings is 1. The highest BCUT2D eigenvalue weighted by atomic mass is 16.5. The standard InChI is InChI=1S/C39H51N3O3/c1-4-7-10-17-24-43-37-29-32(30-38(44-25-18-11-8-5-2)39(37)45-26-19-12-9-6-3)31-27-35(33-20-13-15-22-40-33)42-36(28-31)34-21-14-16-23-41-34/h13-16,20-23,27-30H,4-12,17-19,24-26H2,1-3H3. The van der Waals surface area contributed by atoms with Crippen LogP contribution in [-0.4, -0.2) is 34.8 Å². The molecule has 240 valence electrons. The smallest absolute Gasteiger partial charge is 0.203 e. The first-order valence-electron chi connectivity index (χ1n) is 17.1. The quantitative estimate of drug-likeness (QED) is 0.0876. The normalized spacial score (nSPS) is 11.0. The molecule has 0 amide bonds. The molecule has 45 heavy (non-hydrogen) atoms. The molecule has 0 aliphatic rings. The molecule has 0 N–H and O–H groups in total. The van der Waals surface area contributed by atoms with Crippen LogP contribution in [-0.2, 0) is 0 Å². The fraction of sp³-hybridized carbons (Fsp3) is 0.462. The van der Waals surface area contributed by atoms with Crippen LogP contribution in [0.2, 0.25) is 0 Å². The largest absolute Gasteiger partial charge is 0.490 e. The molecule has 0 radical (unpaired) electrons. The molecule has 0 aliphatic heterocycles. The van der Waals surface area contributed by atoms with Crippen molar-refractivity contribution in [3.63, 3.8) is 0 Å². The van der Waals surface area contributed by atoms with E-state index in [-0.39, 0.29) is 0 Å². The van der Waals surface area contributed by atoms with Crippen LogP contribution in [0.3, 0.4) is 0 Å². The maximum atomic E-state index is 6.49. The Morgan fingerprint density at radius 2 is 0.911 bits per heavy atom. The number of unbranched alkanes of at least 4 members (excludes halogenated alkanes) is 9. The molecule has 4 aromatic rings. The van der Waals surface area contributed by atoms with Gasteiger partial charge in [-0.15, -0.1) is 0 Å². The van der Waals surface area contributed by atoms with E-state index in [1.165, 1.54) is 38.5 Å². The number of aromatic nitrogens is 3. The lowest BCUT2D eigenvalue weighted by atomic mass is 10.0. The predicted molar refractivity (Wildman–Crippen MR) is 185 cm³/mol. The van der Waals surface area contributed by atoms with Gasteiger partial charge in [0.1, 0.15) is 0 Å². The topological polar surface area (TPSA) is 66.4 Å². The molecule has 0 unspecified atom stereocenters. The molecule has 0 spiro atoms. The summed E-state index contributed by atoms with van der Waals surface area (Å²) in [6, 6.07) is 20.2. The molecular formula is C39H51N3O3. The van der Waals surface area contributed by atoms with Gasteiger partial charge in [0.2, 0.25) is 5.75 Å². The van der Waals surface area contributed by atoms with Crippen LogP contribution in [0, 0.1) is 0 Å². The van der Waals surface area contributed by atoms with E-state index in [0.29, 0.717) is 25.6 Å². The van der Waals surface area contributed by atoms with Gasteiger partial charge in [-0.25, -0.2) is 4.98 Å². The van der Waals surface area contributed by atoms with Crippen molar-refractivity contribution < 1.29 is 14.2 Å². The van der Waals surface area contributed by atoms with E-state index in [4.69, 9.17) is 19.2 Å². The van der Waals surface area contributed by atoms with Crippen molar-refractivity contribution in [2.45, 2.75) is 97.8 Å². The van der Waals surface area contributed by atoms with Crippen molar-refractivity contribution in [1.82, 2.24) is 15.0 Å². The Bertz CT molecular complexity index is 1300. The Morgan fingerprint density at radius 1 is 0.467 bits per heavy atom. The zero-order valence-corrected chi connectivity index (χ0v) is 27.6. The first-order valence-corrected chi connectivity index (χ1v) is 17.1. The van der Waals surface area contributed by atoms with Gasteiger partial charge >= 0.3 is 0 Å². The fourth-order valence-corrected chi connectivity index (χ4v) is 5.21. The van der Waals surface area contributed by atoms with Gasteiger partial charge in [0.15, 0.2) is 11.5 Å². The second-order valence-electron chi connectivity index (χ2n) is 11.6. The molecule has 4 rings (SSSR count). The minimum atomic E-state index is 0.639. The SMILES string of the molecule is CCCCCCOc1cc(-c2cc(-c3ccccn3)nc(-c3ccccn3)c2)cc(OCCCCCC)c1OCCCCCC. The molecule has 3 aromatic heterocycles. The Morgan fingerprint density at radius 3 is 1.33 bits per heavy atom. The van der Waals surface area contributed by atoms with Crippen molar-refractivity contribution >= 4 is 0 Å². The van der Waals surface area contributed by atoms with Gasteiger partial charge in [0.25, 0.3) is 0 Å². The number of rotatable bonds is 21. The fourth-order valence-electron chi connectivity index (χ4n) is 5.21. The number of ether oxygens (including phenoxy) is 3. The number of pyridine rings is 3. The van der Waals surface area contributed by atoms with Gasteiger partial charge in [0, 0.05) is 12.4 Å². The molecule has 1 aromatic carbocycles. The summed E-state index contributed by atoms with van der Waals surface area (Å²) in [7, 11) is 0. The van der Waals surface area contributed by atoms with Crippen LogP contribution in [0.5, 0.6) is 17.2 Å². The van der Waals surface area contributed by atoms with Gasteiger partial charge in [-0.2, -0.15) is 0 Å². The van der Waals surface area contributed by atoms with Crippen molar-refractivity contribution in [1.29, 1.82) is 0 Å². The summed E-state index contributed by atoms with van der Waals surface area (Å²) in [5, 5.41) is 0. The van der Waals surface area contributed by atoms with E-state index in [2.05, 4.69) is 55.0 Å². The number of hydrogen-bond acceptors (Lipinski definition) is 6. The summed E-state index contributed by atoms with van der Waals surface area (Å²) in [4.78, 5) is 14.2. The lowest BCUT2D eigenvalue weighted by Gasteiger charge is -2.19. The molecule has 0 atom stereocenters. The van der Waals surface area contributed by atoms with Crippen molar-refractivity contribution in [3.8, 4) is 51.2 Å². The Balaban J connectivity index is 1.76. The first-order chi connectivity index (χ1) is 22.2. The molecule has 0 bridgehead atoms. The molecule has 0 fully saturated rings. The molecule has 6 heteroatoms. The van der Waals surface area contributed by atoms with E-state index >= 15 is 0 Å². The third-order valence-corrected chi connectivity index (χ3v) is 7.79. The zero-order valence-electron chi connectivity index (χ0n) is 27.6. The van der Waals surface area contributed by atoms with Gasteiger partial charge in [-0.1, -0.05) is 90.7 Å². The van der Waals surface area contributed by atoms with Crippen LogP contribution in [0.4, 0.5) is 0 Å². The summed E-state index contributed by atoms with van der Waals surface area (Å²) < 4.78 is 19.5. The van der Waals surface area contributed by atoms with Crippen molar-refractivity contribution in [2.75, 3.05) is 19.8 Å². The van der Waals surface area contributed by atoms with Gasteiger partial charge in [-0.05, 0) is 78.9 Å². The summed E-state index contributed by atoms with van der Waals surface area (Å²) in [6.45, 7) is 8.60. The Labute approximate surface area is 270 Å². The summed E-state index contributed by atoms with van der Waals surface area (Å²) in [5.41, 5.74) is 5.17. The molecule has 6 nitrogen and oxygen atoms in total. The molecular weight excluding hydrogens is 558 g/mol. The maximum Gasteiger partial charge on any atom is 0.203 e. The molecule has 0 aliphatic carbocycles. The van der Waals surface area contributed by atoms with E-state index in [9.17, 15) is 0 Å². The van der Waals surface area contributed by atoms with Crippen molar-refractivity contribution in [3.05, 3.63) is 73.1 Å². The average molecular weight is 610 g/mol. The highest BCUT2D eigenvalue weighted by molar-refractivity contribution is 5.77. The van der Waals surface area contributed by atoms with Crippen molar-refractivity contribution in [2.24, 2.45) is 0 Å². The predicted octanol–water partition coefficient (Wildman–Crippen LogP) is 10.7. The third kappa shape index (κ3) is 10.9. The third-order valence-electron chi connectivity index (χ3n) is 7.79. The maximum absolute atomic E-state index is 6.49. The first kappa shape index (κ1) is 34.0. The minimum Gasteiger partial charge on any atom is -0.490 e. The zero-order chi connectivity index (χ0) is 31.5.